The minimum absolute atomic E-state index is 0.00494. The van der Waals surface area contributed by atoms with Gasteiger partial charge in [-0.2, -0.15) is 5.26 Å². The highest BCUT2D eigenvalue weighted by Crippen LogP contribution is 2.29. The van der Waals surface area contributed by atoms with Crippen LogP contribution in [0.5, 0.6) is 0 Å². The fourth-order valence-corrected chi connectivity index (χ4v) is 2.32. The molecule has 0 saturated heterocycles. The van der Waals surface area contributed by atoms with Crippen LogP contribution < -0.4 is 5.32 Å². The van der Waals surface area contributed by atoms with Crippen LogP contribution >= 0.6 is 0 Å². The summed E-state index contributed by atoms with van der Waals surface area (Å²) in [5.41, 5.74) is -0.103. The molecule has 2 nitrogen and oxygen atoms in total. The Bertz CT molecular complexity index is 442. The molecule has 0 spiro atoms. The Morgan fingerprint density at radius 2 is 1.94 bits per heavy atom. The molecule has 2 atom stereocenters. The highest BCUT2D eigenvalue weighted by molar-refractivity contribution is 5.51. The maximum absolute atomic E-state index is 13.6. The van der Waals surface area contributed by atoms with Gasteiger partial charge in [0.15, 0.2) is 11.6 Å². The molecule has 1 aliphatic carbocycles. The molecule has 0 heterocycles. The first kappa shape index (κ1) is 11.8. The van der Waals surface area contributed by atoms with Crippen LogP contribution in [0, 0.1) is 28.9 Å². The molecular formula is C13H14F2N2. The van der Waals surface area contributed by atoms with Crippen LogP contribution in [0.15, 0.2) is 12.1 Å². The molecule has 0 aromatic heterocycles. The van der Waals surface area contributed by atoms with Crippen molar-refractivity contribution < 1.29 is 8.78 Å². The van der Waals surface area contributed by atoms with E-state index in [-0.39, 0.29) is 17.3 Å². The topological polar surface area (TPSA) is 35.8 Å². The monoisotopic (exact) mass is 236 g/mol. The van der Waals surface area contributed by atoms with Crippen molar-refractivity contribution in [3.8, 4) is 6.07 Å². The van der Waals surface area contributed by atoms with E-state index in [0.717, 1.165) is 31.4 Å². The molecule has 1 aliphatic rings. The summed E-state index contributed by atoms with van der Waals surface area (Å²) in [6, 6.07) is 3.97. The first-order valence-corrected chi connectivity index (χ1v) is 5.76. The first-order valence-electron chi connectivity index (χ1n) is 5.76. The van der Waals surface area contributed by atoms with E-state index in [4.69, 9.17) is 5.26 Å². The summed E-state index contributed by atoms with van der Waals surface area (Å²) >= 11 is 0. The summed E-state index contributed by atoms with van der Waals surface area (Å²) in [5.74, 6) is -0.792. The van der Waals surface area contributed by atoms with Crippen molar-refractivity contribution in [2.24, 2.45) is 5.92 Å². The molecule has 1 fully saturated rings. The maximum atomic E-state index is 13.6. The van der Waals surface area contributed by atoms with Gasteiger partial charge in [0.2, 0.25) is 0 Å². The van der Waals surface area contributed by atoms with Crippen molar-refractivity contribution in [3.05, 3.63) is 29.3 Å². The second-order valence-corrected chi connectivity index (χ2v) is 4.69. The molecule has 1 saturated carbocycles. The lowest BCUT2D eigenvalue weighted by molar-refractivity contribution is 0.574. The van der Waals surface area contributed by atoms with Crippen LogP contribution in [0.2, 0.25) is 0 Å². The van der Waals surface area contributed by atoms with Crippen LogP contribution in [-0.2, 0) is 0 Å². The van der Waals surface area contributed by atoms with Crippen molar-refractivity contribution in [1.82, 2.24) is 0 Å². The molecule has 0 amide bonds. The van der Waals surface area contributed by atoms with Gasteiger partial charge >= 0.3 is 0 Å². The van der Waals surface area contributed by atoms with Gasteiger partial charge in [-0.15, -0.1) is 0 Å². The summed E-state index contributed by atoms with van der Waals surface area (Å²) in [5, 5.41) is 11.5. The zero-order valence-electron chi connectivity index (χ0n) is 9.63. The number of halogens is 2. The number of hydrogen-bond acceptors (Lipinski definition) is 2. The second kappa shape index (κ2) is 4.70. The van der Waals surface area contributed by atoms with Crippen molar-refractivity contribution >= 4 is 5.69 Å². The summed E-state index contributed by atoms with van der Waals surface area (Å²) in [6.07, 6.45) is 2.94. The predicted molar refractivity (Wildman–Crippen MR) is 61.5 cm³/mol. The number of rotatable bonds is 2. The molecule has 17 heavy (non-hydrogen) atoms. The van der Waals surface area contributed by atoms with Gasteiger partial charge in [-0.05, 0) is 37.3 Å². The van der Waals surface area contributed by atoms with E-state index in [1.54, 1.807) is 6.07 Å². The highest BCUT2D eigenvalue weighted by Gasteiger charge is 2.23. The second-order valence-electron chi connectivity index (χ2n) is 4.69. The Kier molecular flexibility index (Phi) is 3.28. The Morgan fingerprint density at radius 1 is 1.29 bits per heavy atom. The summed E-state index contributed by atoms with van der Waals surface area (Å²) in [7, 11) is 0. The molecule has 1 aromatic carbocycles. The van der Waals surface area contributed by atoms with Crippen LogP contribution in [0.3, 0.4) is 0 Å². The van der Waals surface area contributed by atoms with Crippen LogP contribution in [0.4, 0.5) is 14.5 Å². The first-order chi connectivity index (χ1) is 8.10. The van der Waals surface area contributed by atoms with E-state index in [9.17, 15) is 8.78 Å². The molecule has 4 heteroatoms. The van der Waals surface area contributed by atoms with E-state index >= 15 is 0 Å². The van der Waals surface area contributed by atoms with Crippen LogP contribution in [0.25, 0.3) is 0 Å². The van der Waals surface area contributed by atoms with Gasteiger partial charge in [-0.1, -0.05) is 6.92 Å². The van der Waals surface area contributed by atoms with E-state index in [0.29, 0.717) is 5.92 Å². The lowest BCUT2D eigenvalue weighted by Crippen LogP contribution is -2.17. The quantitative estimate of drug-likeness (QED) is 0.853. The average molecular weight is 236 g/mol. The van der Waals surface area contributed by atoms with Crippen molar-refractivity contribution in [2.75, 3.05) is 5.32 Å². The third-order valence-corrected chi connectivity index (χ3v) is 3.21. The lowest BCUT2D eigenvalue weighted by atomic mass is 10.1. The number of nitriles is 1. The Labute approximate surface area is 99.3 Å². The summed E-state index contributed by atoms with van der Waals surface area (Å²) < 4.78 is 27.2. The minimum atomic E-state index is -0.693. The molecule has 1 N–H and O–H groups in total. The zero-order valence-corrected chi connectivity index (χ0v) is 9.63. The number of hydrogen-bond donors (Lipinski definition) is 1. The normalized spacial score (nSPS) is 23.4. The average Bonchev–Trinajstić information content (AvgIpc) is 2.69. The van der Waals surface area contributed by atoms with Gasteiger partial charge in [0.1, 0.15) is 5.69 Å². The molecule has 0 aliphatic heterocycles. The molecule has 0 bridgehead atoms. The van der Waals surface area contributed by atoms with Gasteiger partial charge in [0.05, 0.1) is 11.6 Å². The van der Waals surface area contributed by atoms with E-state index < -0.39 is 11.6 Å². The Morgan fingerprint density at radius 3 is 2.41 bits per heavy atom. The fraction of sp³-hybridized carbons (Fsp3) is 0.462. The largest absolute Gasteiger partial charge is 0.378 e. The highest BCUT2D eigenvalue weighted by atomic mass is 19.1. The predicted octanol–water partition coefficient (Wildman–Crippen LogP) is 3.44. The molecule has 90 valence electrons. The van der Waals surface area contributed by atoms with E-state index in [1.165, 1.54) is 0 Å². The molecule has 1 aromatic rings. The Balaban J connectivity index is 2.19. The van der Waals surface area contributed by atoms with Crippen molar-refractivity contribution in [2.45, 2.75) is 32.2 Å². The number of nitrogens with one attached hydrogen (secondary N) is 1. The molecular weight excluding hydrogens is 222 g/mol. The standard InChI is InChI=1S/C13H14F2N2/c1-8-2-3-10(4-8)17-13-11(14)5-9(7-16)6-12(13)15/h5-6,8,10,17H,2-4H2,1H3. The smallest absolute Gasteiger partial charge is 0.150 e. The number of nitrogens with zero attached hydrogens (tertiary/aromatic N) is 1. The Hall–Kier alpha value is -1.63. The number of benzene rings is 1. The third-order valence-electron chi connectivity index (χ3n) is 3.21. The molecule has 0 radical (unpaired) electrons. The number of anilines is 1. The SMILES string of the molecule is CC1CCC(Nc2c(F)cc(C#N)cc2F)C1. The van der Waals surface area contributed by atoms with Crippen LogP contribution in [0.1, 0.15) is 31.7 Å². The van der Waals surface area contributed by atoms with Crippen LogP contribution in [-0.4, -0.2) is 6.04 Å². The fourth-order valence-electron chi connectivity index (χ4n) is 2.32. The minimum Gasteiger partial charge on any atom is -0.378 e. The van der Waals surface area contributed by atoms with E-state index in [1.807, 2.05) is 0 Å². The molecule has 2 unspecified atom stereocenters. The van der Waals surface area contributed by atoms with Gasteiger partial charge < -0.3 is 5.32 Å². The lowest BCUT2D eigenvalue weighted by Gasteiger charge is -2.15. The maximum Gasteiger partial charge on any atom is 0.150 e. The van der Waals surface area contributed by atoms with Gasteiger partial charge in [0.25, 0.3) is 0 Å². The van der Waals surface area contributed by atoms with Gasteiger partial charge in [-0.25, -0.2) is 8.78 Å². The zero-order chi connectivity index (χ0) is 12.4. The molecule has 2 rings (SSSR count). The summed E-state index contributed by atoms with van der Waals surface area (Å²) in [4.78, 5) is 0. The summed E-state index contributed by atoms with van der Waals surface area (Å²) in [6.45, 7) is 2.13. The van der Waals surface area contributed by atoms with Gasteiger partial charge in [0, 0.05) is 6.04 Å². The van der Waals surface area contributed by atoms with Crippen molar-refractivity contribution in [3.63, 3.8) is 0 Å². The van der Waals surface area contributed by atoms with Gasteiger partial charge in [-0.3, -0.25) is 0 Å². The van der Waals surface area contributed by atoms with Crippen molar-refractivity contribution in [1.29, 1.82) is 5.26 Å². The van der Waals surface area contributed by atoms with E-state index in [2.05, 4.69) is 12.2 Å². The third kappa shape index (κ3) is 2.55.